The van der Waals surface area contributed by atoms with Crippen LogP contribution >= 0.6 is 22.7 Å². The van der Waals surface area contributed by atoms with Gasteiger partial charge in [-0.3, -0.25) is 9.59 Å². The van der Waals surface area contributed by atoms with Crippen molar-refractivity contribution in [1.82, 2.24) is 10.1 Å². The van der Waals surface area contributed by atoms with Crippen molar-refractivity contribution in [3.63, 3.8) is 0 Å². The van der Waals surface area contributed by atoms with Gasteiger partial charge in [-0.25, -0.2) is 4.79 Å². The molecule has 158 valence electrons. The third-order valence-electron chi connectivity index (χ3n) is 4.14. The molecule has 0 aromatic carbocycles. The Hall–Kier alpha value is -3.05. The normalized spacial score (nSPS) is 10.6. The fraction of sp³-hybridized carbons (Fsp3) is 0.316. The summed E-state index contributed by atoms with van der Waals surface area (Å²) >= 11 is 2.74. The van der Waals surface area contributed by atoms with Gasteiger partial charge in [0, 0.05) is 11.3 Å². The minimum Gasteiger partial charge on any atom is -0.465 e. The molecule has 0 aliphatic rings. The molecule has 3 rings (SSSR count). The molecule has 0 unspecified atom stereocenters. The second-order valence-corrected chi connectivity index (χ2v) is 8.35. The third-order valence-corrected chi connectivity index (χ3v) is 6.13. The van der Waals surface area contributed by atoms with Crippen molar-refractivity contribution >= 4 is 45.5 Å². The number of aryl methyl sites for hydroxylation is 2. The molecule has 0 saturated heterocycles. The van der Waals surface area contributed by atoms with Gasteiger partial charge in [-0.1, -0.05) is 11.2 Å². The number of ether oxygens (including phenoxy) is 2. The molecule has 3 aromatic heterocycles. The molecule has 11 heteroatoms. The number of hydrogen-bond donors (Lipinski definition) is 1. The number of esters is 2. The molecule has 0 aliphatic heterocycles. The van der Waals surface area contributed by atoms with Crippen LogP contribution in [0.1, 0.15) is 33.1 Å². The molecule has 0 aliphatic carbocycles. The van der Waals surface area contributed by atoms with E-state index in [1.807, 2.05) is 24.4 Å². The molecular formula is C19H19N3O6S2. The number of carbonyl (C=O) groups excluding carboxylic acids is 3. The first kappa shape index (κ1) is 21.7. The lowest BCUT2D eigenvalue weighted by atomic mass is 10.1. The highest BCUT2D eigenvalue weighted by atomic mass is 32.1. The topological polar surface area (TPSA) is 121 Å². The molecule has 0 radical (unpaired) electrons. The lowest BCUT2D eigenvalue weighted by Gasteiger charge is -2.07. The number of thiophene rings is 2. The summed E-state index contributed by atoms with van der Waals surface area (Å²) in [5.74, 6) is -0.881. The summed E-state index contributed by atoms with van der Waals surface area (Å²) in [6, 6.07) is 3.75. The van der Waals surface area contributed by atoms with Crippen LogP contribution < -0.4 is 5.32 Å². The van der Waals surface area contributed by atoms with Gasteiger partial charge in [-0.2, -0.15) is 4.98 Å². The maximum atomic E-state index is 12.1. The van der Waals surface area contributed by atoms with Crippen LogP contribution in [-0.4, -0.2) is 41.7 Å². The monoisotopic (exact) mass is 449 g/mol. The quantitative estimate of drug-likeness (QED) is 0.520. The van der Waals surface area contributed by atoms with Gasteiger partial charge in [0.2, 0.25) is 11.7 Å². The smallest absolute Gasteiger partial charge is 0.341 e. The molecule has 1 amide bonds. The molecule has 3 aromatic rings. The average Bonchev–Trinajstić information content (AvgIpc) is 3.46. The summed E-state index contributed by atoms with van der Waals surface area (Å²) in [7, 11) is 1.27. The van der Waals surface area contributed by atoms with Crippen LogP contribution in [0.15, 0.2) is 22.0 Å². The fourth-order valence-electron chi connectivity index (χ4n) is 2.52. The third kappa shape index (κ3) is 5.10. The molecule has 3 heterocycles. The SMILES string of the molecule is COC(=O)c1c(NC(=O)COC(=O)CCc2nc(-c3cccs3)no2)sc(C)c1C. The van der Waals surface area contributed by atoms with Crippen molar-refractivity contribution < 1.29 is 28.4 Å². The Balaban J connectivity index is 1.48. The lowest BCUT2D eigenvalue weighted by molar-refractivity contribution is -0.147. The standard InChI is InChI=1S/C19H19N3O6S2/c1-10-11(2)30-18(16(10)19(25)26-3)20-13(23)9-27-15(24)7-6-14-21-17(22-28-14)12-5-4-8-29-12/h4-5,8H,6-7,9H2,1-3H3,(H,20,23). The number of anilines is 1. The highest BCUT2D eigenvalue weighted by Crippen LogP contribution is 2.32. The molecule has 0 fully saturated rings. The van der Waals surface area contributed by atoms with Gasteiger partial charge >= 0.3 is 11.9 Å². The maximum absolute atomic E-state index is 12.1. The molecule has 9 nitrogen and oxygen atoms in total. The van der Waals surface area contributed by atoms with Gasteiger partial charge in [0.1, 0.15) is 5.00 Å². The van der Waals surface area contributed by atoms with Crippen molar-refractivity contribution in [2.45, 2.75) is 26.7 Å². The Bertz CT molecular complexity index is 1050. The van der Waals surface area contributed by atoms with E-state index in [1.165, 1.54) is 29.8 Å². The van der Waals surface area contributed by atoms with Crippen LogP contribution in [0.25, 0.3) is 10.7 Å². The number of aromatic nitrogens is 2. The van der Waals surface area contributed by atoms with Crippen molar-refractivity contribution in [2.24, 2.45) is 0 Å². The highest BCUT2D eigenvalue weighted by Gasteiger charge is 2.22. The minimum atomic E-state index is -0.576. The summed E-state index contributed by atoms with van der Waals surface area (Å²) in [6.45, 7) is 3.14. The Kier molecular flexibility index (Phi) is 6.95. The lowest BCUT2D eigenvalue weighted by Crippen LogP contribution is -2.21. The van der Waals surface area contributed by atoms with E-state index >= 15 is 0 Å². The zero-order chi connectivity index (χ0) is 21.7. The van der Waals surface area contributed by atoms with E-state index in [9.17, 15) is 14.4 Å². The van der Waals surface area contributed by atoms with Crippen LogP contribution in [0.4, 0.5) is 5.00 Å². The Labute approximate surface area is 180 Å². The number of carbonyl (C=O) groups is 3. The molecule has 30 heavy (non-hydrogen) atoms. The highest BCUT2D eigenvalue weighted by molar-refractivity contribution is 7.16. The molecule has 0 spiro atoms. The van der Waals surface area contributed by atoms with Crippen LogP contribution in [-0.2, 0) is 25.5 Å². The number of nitrogens with zero attached hydrogens (tertiary/aromatic N) is 2. The molecular weight excluding hydrogens is 430 g/mol. The van der Waals surface area contributed by atoms with Gasteiger partial charge in [0.05, 0.1) is 24.0 Å². The molecule has 1 N–H and O–H groups in total. The van der Waals surface area contributed by atoms with Gasteiger partial charge in [0.25, 0.3) is 5.91 Å². The van der Waals surface area contributed by atoms with Gasteiger partial charge in [0.15, 0.2) is 6.61 Å². The van der Waals surface area contributed by atoms with E-state index in [0.29, 0.717) is 22.3 Å². The first-order valence-corrected chi connectivity index (χ1v) is 10.6. The predicted octanol–water partition coefficient (Wildman–Crippen LogP) is 3.38. The van der Waals surface area contributed by atoms with Crippen molar-refractivity contribution in [2.75, 3.05) is 19.0 Å². The Morgan fingerprint density at radius 1 is 1.27 bits per heavy atom. The summed E-state index contributed by atoms with van der Waals surface area (Å²) in [5.41, 5.74) is 1.04. The van der Waals surface area contributed by atoms with E-state index in [0.717, 1.165) is 15.3 Å². The number of methoxy groups -OCH3 is 1. The number of hydrogen-bond acceptors (Lipinski definition) is 10. The van der Waals surface area contributed by atoms with Gasteiger partial charge < -0.3 is 19.3 Å². The number of amides is 1. The fourth-order valence-corrected chi connectivity index (χ4v) is 4.23. The summed E-state index contributed by atoms with van der Waals surface area (Å²) in [4.78, 5) is 42.0. The predicted molar refractivity (Wildman–Crippen MR) is 111 cm³/mol. The second-order valence-electron chi connectivity index (χ2n) is 6.18. The van der Waals surface area contributed by atoms with Crippen LogP contribution in [0.3, 0.4) is 0 Å². The zero-order valence-electron chi connectivity index (χ0n) is 16.5. The zero-order valence-corrected chi connectivity index (χ0v) is 18.1. The molecule has 0 bridgehead atoms. The van der Waals surface area contributed by atoms with E-state index in [4.69, 9.17) is 14.0 Å². The van der Waals surface area contributed by atoms with Crippen molar-refractivity contribution in [1.29, 1.82) is 0 Å². The molecule has 0 atom stereocenters. The van der Waals surface area contributed by atoms with E-state index in [-0.39, 0.29) is 12.8 Å². The molecule has 0 saturated carbocycles. The van der Waals surface area contributed by atoms with E-state index in [2.05, 4.69) is 15.5 Å². The largest absolute Gasteiger partial charge is 0.465 e. The first-order valence-electron chi connectivity index (χ1n) is 8.89. The van der Waals surface area contributed by atoms with Crippen molar-refractivity contribution in [3.8, 4) is 10.7 Å². The summed E-state index contributed by atoms with van der Waals surface area (Å²) in [6.07, 6.45) is 0.193. The Morgan fingerprint density at radius 3 is 2.77 bits per heavy atom. The Morgan fingerprint density at radius 2 is 2.07 bits per heavy atom. The van der Waals surface area contributed by atoms with Gasteiger partial charge in [-0.15, -0.1) is 22.7 Å². The summed E-state index contributed by atoms with van der Waals surface area (Å²) < 4.78 is 14.9. The van der Waals surface area contributed by atoms with E-state index < -0.39 is 24.5 Å². The number of nitrogens with one attached hydrogen (secondary N) is 1. The second kappa shape index (κ2) is 9.63. The van der Waals surface area contributed by atoms with E-state index in [1.54, 1.807) is 6.92 Å². The van der Waals surface area contributed by atoms with Crippen LogP contribution in [0, 0.1) is 13.8 Å². The number of rotatable bonds is 8. The average molecular weight is 450 g/mol. The minimum absolute atomic E-state index is 0.00994. The summed E-state index contributed by atoms with van der Waals surface area (Å²) in [5, 5.41) is 8.73. The van der Waals surface area contributed by atoms with Crippen LogP contribution in [0.5, 0.6) is 0 Å². The van der Waals surface area contributed by atoms with Crippen molar-refractivity contribution in [3.05, 3.63) is 39.4 Å². The maximum Gasteiger partial charge on any atom is 0.341 e. The van der Waals surface area contributed by atoms with Gasteiger partial charge in [-0.05, 0) is 30.9 Å². The van der Waals surface area contributed by atoms with Crippen LogP contribution in [0.2, 0.25) is 0 Å². The first-order chi connectivity index (χ1) is 14.4.